The van der Waals surface area contributed by atoms with Crippen LogP contribution >= 0.6 is 24.8 Å². The third-order valence-corrected chi connectivity index (χ3v) is 5.95. The quantitative estimate of drug-likeness (QED) is 0.740. The Balaban J connectivity index is 0.00000150. The van der Waals surface area contributed by atoms with Gasteiger partial charge in [0.25, 0.3) is 0 Å². The molecule has 1 N–H and O–H groups in total. The second kappa shape index (κ2) is 11.5. The van der Waals surface area contributed by atoms with Gasteiger partial charge in [0, 0.05) is 51.5 Å². The zero-order chi connectivity index (χ0) is 18.5. The fourth-order valence-corrected chi connectivity index (χ4v) is 4.26. The Morgan fingerprint density at radius 3 is 2.10 bits per heavy atom. The monoisotopic (exact) mass is 437 g/mol. The zero-order valence-corrected chi connectivity index (χ0v) is 18.6. The van der Waals surface area contributed by atoms with Crippen LogP contribution in [0.3, 0.4) is 0 Å². The summed E-state index contributed by atoms with van der Waals surface area (Å²) in [6.45, 7) is 7.45. The number of halogens is 2. The summed E-state index contributed by atoms with van der Waals surface area (Å²) in [6, 6.07) is 16.9. The standard InChI is InChI=1S/C23H31N3O.2ClH/c27-23-10-9-21(25-12-5-2-6-13-25)19-22(23)26-17-15-24(16-18-26)14-11-20-7-3-1-4-8-20;;/h1,3-4,7-10,19,27H,2,5-6,11-18H2;2*1H. The molecule has 2 aromatic carbocycles. The molecule has 0 atom stereocenters. The first kappa shape index (κ1) is 23.7. The SMILES string of the molecule is Cl.Cl.Oc1ccc(N2CCCCC2)cc1N1CCN(CCc2ccccc2)CC1. The van der Waals surface area contributed by atoms with Crippen molar-refractivity contribution < 1.29 is 5.11 Å². The molecule has 0 unspecified atom stereocenters. The molecule has 29 heavy (non-hydrogen) atoms. The van der Waals surface area contributed by atoms with Crippen molar-refractivity contribution in [3.8, 4) is 5.75 Å². The number of rotatable bonds is 5. The van der Waals surface area contributed by atoms with Gasteiger partial charge in [-0.15, -0.1) is 24.8 Å². The molecule has 2 saturated heterocycles. The van der Waals surface area contributed by atoms with E-state index in [9.17, 15) is 5.11 Å². The molecule has 2 fully saturated rings. The van der Waals surface area contributed by atoms with Crippen LogP contribution in [0.15, 0.2) is 48.5 Å². The first-order chi connectivity index (χ1) is 13.3. The average molecular weight is 438 g/mol. The maximum Gasteiger partial charge on any atom is 0.139 e. The van der Waals surface area contributed by atoms with Gasteiger partial charge in [-0.3, -0.25) is 4.90 Å². The van der Waals surface area contributed by atoms with Gasteiger partial charge in [0.2, 0.25) is 0 Å². The van der Waals surface area contributed by atoms with Crippen LogP contribution in [0.5, 0.6) is 5.75 Å². The van der Waals surface area contributed by atoms with Crippen LogP contribution in [-0.4, -0.2) is 55.8 Å². The van der Waals surface area contributed by atoms with E-state index in [4.69, 9.17) is 0 Å². The maximum atomic E-state index is 10.4. The number of piperidine rings is 1. The molecule has 2 aromatic rings. The molecule has 0 bridgehead atoms. The minimum Gasteiger partial charge on any atom is -0.506 e. The van der Waals surface area contributed by atoms with Crippen molar-refractivity contribution in [3.05, 3.63) is 54.1 Å². The molecular formula is C23H33Cl2N3O. The van der Waals surface area contributed by atoms with Crippen molar-refractivity contribution in [1.82, 2.24) is 4.90 Å². The van der Waals surface area contributed by atoms with Crippen molar-refractivity contribution in [2.75, 3.05) is 55.6 Å². The van der Waals surface area contributed by atoms with Crippen molar-refractivity contribution in [1.29, 1.82) is 0 Å². The predicted molar refractivity (Wildman–Crippen MR) is 127 cm³/mol. The molecule has 2 heterocycles. The molecule has 0 spiro atoms. The number of phenolic OH excluding ortho intramolecular Hbond substituents is 1. The van der Waals surface area contributed by atoms with E-state index in [1.807, 2.05) is 6.07 Å². The lowest BCUT2D eigenvalue weighted by molar-refractivity contribution is 0.260. The topological polar surface area (TPSA) is 30.0 Å². The molecular weight excluding hydrogens is 405 g/mol. The Morgan fingerprint density at radius 2 is 1.41 bits per heavy atom. The maximum absolute atomic E-state index is 10.4. The highest BCUT2D eigenvalue weighted by atomic mass is 35.5. The van der Waals surface area contributed by atoms with E-state index in [0.29, 0.717) is 5.75 Å². The highest BCUT2D eigenvalue weighted by Crippen LogP contribution is 2.33. The first-order valence-corrected chi connectivity index (χ1v) is 10.4. The van der Waals surface area contributed by atoms with Crippen LogP contribution < -0.4 is 9.80 Å². The van der Waals surface area contributed by atoms with Crippen LogP contribution in [0.1, 0.15) is 24.8 Å². The number of hydrogen-bond acceptors (Lipinski definition) is 4. The number of phenols is 1. The van der Waals surface area contributed by atoms with Gasteiger partial charge in [-0.25, -0.2) is 0 Å². The molecule has 2 aliphatic heterocycles. The second-order valence-electron chi connectivity index (χ2n) is 7.79. The molecule has 4 rings (SSSR count). The first-order valence-electron chi connectivity index (χ1n) is 10.4. The van der Waals surface area contributed by atoms with E-state index in [-0.39, 0.29) is 24.8 Å². The highest BCUT2D eigenvalue weighted by Gasteiger charge is 2.21. The van der Waals surface area contributed by atoms with E-state index in [1.54, 1.807) is 0 Å². The molecule has 0 saturated carbocycles. The van der Waals surface area contributed by atoms with E-state index in [0.717, 1.165) is 57.9 Å². The fraction of sp³-hybridized carbons (Fsp3) is 0.478. The van der Waals surface area contributed by atoms with Gasteiger partial charge in [0.1, 0.15) is 5.75 Å². The Bertz CT molecular complexity index is 730. The normalized spacial score (nSPS) is 17.4. The van der Waals surface area contributed by atoms with Crippen LogP contribution in [-0.2, 0) is 6.42 Å². The van der Waals surface area contributed by atoms with Gasteiger partial charge in [-0.2, -0.15) is 0 Å². The van der Waals surface area contributed by atoms with Gasteiger partial charge >= 0.3 is 0 Å². The summed E-state index contributed by atoms with van der Waals surface area (Å²) in [5, 5.41) is 10.4. The van der Waals surface area contributed by atoms with Crippen molar-refractivity contribution >= 4 is 36.2 Å². The molecule has 160 valence electrons. The number of nitrogens with zero attached hydrogens (tertiary/aromatic N) is 3. The van der Waals surface area contributed by atoms with Crippen molar-refractivity contribution in [2.24, 2.45) is 0 Å². The lowest BCUT2D eigenvalue weighted by Gasteiger charge is -2.37. The molecule has 6 heteroatoms. The molecule has 0 radical (unpaired) electrons. The Labute approximate surface area is 187 Å². The third-order valence-electron chi connectivity index (χ3n) is 5.95. The summed E-state index contributed by atoms with van der Waals surface area (Å²) in [6.07, 6.45) is 5.00. The van der Waals surface area contributed by atoms with Gasteiger partial charge < -0.3 is 14.9 Å². The summed E-state index contributed by atoms with van der Waals surface area (Å²) in [5.41, 5.74) is 3.67. The van der Waals surface area contributed by atoms with Gasteiger partial charge in [-0.1, -0.05) is 30.3 Å². The number of anilines is 2. The summed E-state index contributed by atoms with van der Waals surface area (Å²) < 4.78 is 0. The van der Waals surface area contributed by atoms with Crippen LogP contribution in [0.25, 0.3) is 0 Å². The van der Waals surface area contributed by atoms with Gasteiger partial charge in [0.05, 0.1) is 5.69 Å². The number of hydrogen-bond donors (Lipinski definition) is 1. The third kappa shape index (κ3) is 6.18. The molecule has 0 aliphatic carbocycles. The lowest BCUT2D eigenvalue weighted by Crippen LogP contribution is -2.47. The van der Waals surface area contributed by atoms with Crippen LogP contribution in [0.4, 0.5) is 11.4 Å². The number of piperazine rings is 1. The summed E-state index contributed by atoms with van der Waals surface area (Å²) in [5.74, 6) is 0.411. The Hall–Kier alpha value is -1.62. The van der Waals surface area contributed by atoms with E-state index < -0.39 is 0 Å². The Morgan fingerprint density at radius 1 is 0.724 bits per heavy atom. The largest absolute Gasteiger partial charge is 0.506 e. The minimum absolute atomic E-state index is 0. The molecule has 4 nitrogen and oxygen atoms in total. The molecule has 0 aromatic heterocycles. The smallest absolute Gasteiger partial charge is 0.139 e. The summed E-state index contributed by atoms with van der Waals surface area (Å²) >= 11 is 0. The van der Waals surface area contributed by atoms with Crippen LogP contribution in [0.2, 0.25) is 0 Å². The highest BCUT2D eigenvalue weighted by molar-refractivity contribution is 5.85. The van der Waals surface area contributed by atoms with Crippen molar-refractivity contribution in [3.63, 3.8) is 0 Å². The van der Waals surface area contributed by atoms with E-state index in [2.05, 4.69) is 57.2 Å². The average Bonchev–Trinajstić information content (AvgIpc) is 2.74. The molecule has 2 aliphatic rings. The number of benzene rings is 2. The summed E-state index contributed by atoms with van der Waals surface area (Å²) in [7, 11) is 0. The minimum atomic E-state index is 0. The van der Waals surface area contributed by atoms with Gasteiger partial charge in [0.15, 0.2) is 0 Å². The van der Waals surface area contributed by atoms with E-state index >= 15 is 0 Å². The summed E-state index contributed by atoms with van der Waals surface area (Å²) in [4.78, 5) is 7.35. The van der Waals surface area contributed by atoms with Gasteiger partial charge in [-0.05, 0) is 49.4 Å². The Kier molecular flexibility index (Phi) is 9.41. The second-order valence-corrected chi connectivity index (χ2v) is 7.79. The predicted octanol–water partition coefficient (Wildman–Crippen LogP) is 4.59. The lowest BCUT2D eigenvalue weighted by atomic mass is 10.1. The number of aromatic hydroxyl groups is 1. The van der Waals surface area contributed by atoms with Crippen LogP contribution in [0, 0.1) is 0 Å². The molecule has 0 amide bonds. The van der Waals surface area contributed by atoms with Crippen molar-refractivity contribution in [2.45, 2.75) is 25.7 Å². The zero-order valence-electron chi connectivity index (χ0n) is 17.0. The fourth-order valence-electron chi connectivity index (χ4n) is 4.26. The van der Waals surface area contributed by atoms with E-state index in [1.165, 1.54) is 30.5 Å².